The average Bonchev–Trinajstić information content (AvgIpc) is 2.75. The second kappa shape index (κ2) is 7.91. The van der Waals surface area contributed by atoms with Crippen molar-refractivity contribution in [3.05, 3.63) is 45.7 Å². The molecule has 3 aliphatic rings. The first-order valence-corrected chi connectivity index (χ1v) is 12.0. The maximum Gasteiger partial charge on any atom is 0.255 e. The Kier molecular flexibility index (Phi) is 5.70. The SMILES string of the molecule is C[C@H]1[C@H]2C(=C(O)c3c(ccc(C(C)(C)C)c3O)[C@@H]2C)C(=O)[C@]2(O)C(O)=C(C(N)=O)C(=O)[C@@H](N(C)C)[C@H]12. The molecule has 3 aliphatic carbocycles. The van der Waals surface area contributed by atoms with E-state index in [0.717, 1.165) is 0 Å². The van der Waals surface area contributed by atoms with E-state index < -0.39 is 69.4 Å². The largest absolute Gasteiger partial charge is 0.508 e. The number of phenolic OH excluding ortho intramolecular Hbond substituents is 1. The van der Waals surface area contributed by atoms with Gasteiger partial charge < -0.3 is 26.2 Å². The third-order valence-electron chi connectivity index (χ3n) is 8.33. The molecule has 6 N–H and O–H groups in total. The molecule has 1 aromatic carbocycles. The highest BCUT2D eigenvalue weighted by Gasteiger charge is 2.67. The number of likely N-dealkylation sites (N-methyl/N-ethyl adjacent to an activating group) is 1. The van der Waals surface area contributed by atoms with E-state index in [1.54, 1.807) is 27.1 Å². The fourth-order valence-electron chi connectivity index (χ4n) is 6.71. The number of Topliss-reactive ketones (excluding diaryl/α,β-unsaturated/α-hetero) is 2. The van der Waals surface area contributed by atoms with Crippen molar-refractivity contribution in [2.75, 3.05) is 14.1 Å². The monoisotopic (exact) mass is 498 g/mol. The van der Waals surface area contributed by atoms with Crippen molar-refractivity contribution in [2.24, 2.45) is 23.5 Å². The summed E-state index contributed by atoms with van der Waals surface area (Å²) in [6, 6.07) is 2.50. The molecule has 194 valence electrons. The number of hydrogen-bond acceptors (Lipinski definition) is 8. The molecule has 36 heavy (non-hydrogen) atoms. The minimum atomic E-state index is -2.67. The lowest BCUT2D eigenvalue weighted by atomic mass is 9.51. The zero-order chi connectivity index (χ0) is 27.2. The molecule has 0 aromatic heterocycles. The van der Waals surface area contributed by atoms with Crippen LogP contribution in [-0.2, 0) is 19.8 Å². The summed E-state index contributed by atoms with van der Waals surface area (Å²) in [5.74, 6) is -7.51. The molecule has 4 rings (SSSR count). The van der Waals surface area contributed by atoms with Crippen LogP contribution in [0.5, 0.6) is 5.75 Å². The van der Waals surface area contributed by atoms with Crippen LogP contribution in [0.1, 0.15) is 57.2 Å². The number of hydrogen-bond donors (Lipinski definition) is 5. The van der Waals surface area contributed by atoms with Gasteiger partial charge in [-0.1, -0.05) is 46.8 Å². The Morgan fingerprint density at radius 2 is 1.67 bits per heavy atom. The minimum Gasteiger partial charge on any atom is -0.508 e. The second-order valence-electron chi connectivity index (χ2n) is 11.6. The van der Waals surface area contributed by atoms with Gasteiger partial charge in [-0.15, -0.1) is 0 Å². The topological polar surface area (TPSA) is 161 Å². The van der Waals surface area contributed by atoms with Gasteiger partial charge in [0.15, 0.2) is 11.4 Å². The van der Waals surface area contributed by atoms with Crippen LogP contribution in [0.15, 0.2) is 29.0 Å². The second-order valence-corrected chi connectivity index (χ2v) is 11.6. The number of aliphatic hydroxyl groups excluding tert-OH is 2. The molecule has 6 atom stereocenters. The molecule has 1 amide bonds. The number of carbonyl (C=O) groups excluding carboxylic acids is 3. The van der Waals surface area contributed by atoms with E-state index in [9.17, 15) is 34.8 Å². The van der Waals surface area contributed by atoms with Gasteiger partial charge >= 0.3 is 0 Å². The Hall–Kier alpha value is -3.17. The van der Waals surface area contributed by atoms with Gasteiger partial charge in [-0.2, -0.15) is 0 Å². The fraction of sp³-hybridized carbons (Fsp3) is 0.519. The van der Waals surface area contributed by atoms with E-state index in [-0.39, 0.29) is 22.8 Å². The number of aromatic hydroxyl groups is 1. The molecule has 0 spiro atoms. The van der Waals surface area contributed by atoms with Crippen molar-refractivity contribution < 1.29 is 34.8 Å². The first-order chi connectivity index (χ1) is 16.5. The molecule has 9 heteroatoms. The zero-order valence-corrected chi connectivity index (χ0v) is 21.6. The van der Waals surface area contributed by atoms with Gasteiger partial charge in [0.05, 0.1) is 11.6 Å². The summed E-state index contributed by atoms with van der Waals surface area (Å²) in [5, 5.41) is 45.5. The van der Waals surface area contributed by atoms with E-state index in [1.165, 1.54) is 4.90 Å². The fourth-order valence-corrected chi connectivity index (χ4v) is 6.71. The minimum absolute atomic E-state index is 0.110. The highest BCUT2D eigenvalue weighted by molar-refractivity contribution is 6.24. The molecular formula is C27H34N2O7. The number of phenols is 1. The Bertz CT molecular complexity index is 1270. The van der Waals surface area contributed by atoms with Gasteiger partial charge in [-0.05, 0) is 36.9 Å². The first kappa shape index (κ1) is 25.9. The van der Waals surface area contributed by atoms with E-state index in [2.05, 4.69) is 0 Å². The quantitative estimate of drug-likeness (QED) is 0.387. The Labute approximate surface area is 209 Å². The third kappa shape index (κ3) is 3.12. The van der Waals surface area contributed by atoms with Crippen LogP contribution in [0.3, 0.4) is 0 Å². The summed E-state index contributed by atoms with van der Waals surface area (Å²) >= 11 is 0. The number of amides is 1. The molecule has 0 heterocycles. The molecule has 0 bridgehead atoms. The lowest BCUT2D eigenvalue weighted by molar-refractivity contribution is -0.160. The van der Waals surface area contributed by atoms with E-state index in [4.69, 9.17) is 5.73 Å². The van der Waals surface area contributed by atoms with Crippen LogP contribution in [0.2, 0.25) is 0 Å². The molecular weight excluding hydrogens is 464 g/mol. The van der Waals surface area contributed by atoms with Crippen molar-refractivity contribution in [3.63, 3.8) is 0 Å². The summed E-state index contributed by atoms with van der Waals surface area (Å²) in [4.78, 5) is 40.9. The maximum atomic E-state index is 14.0. The molecule has 0 aliphatic heterocycles. The maximum absolute atomic E-state index is 14.0. The average molecular weight is 499 g/mol. The van der Waals surface area contributed by atoms with Gasteiger partial charge in [0.2, 0.25) is 5.78 Å². The number of primary amides is 1. The highest BCUT2D eigenvalue weighted by atomic mass is 16.3. The number of nitrogens with zero attached hydrogens (tertiary/aromatic N) is 1. The Balaban J connectivity index is 2.07. The molecule has 0 unspecified atom stereocenters. The van der Waals surface area contributed by atoms with Gasteiger partial charge in [0.1, 0.15) is 22.8 Å². The molecule has 0 radical (unpaired) electrons. The van der Waals surface area contributed by atoms with Gasteiger partial charge in [0, 0.05) is 23.0 Å². The standard InChI is InChI=1S/C27H34N2O7/c1-10-12-8-9-13(26(3,4)5)20(30)15(12)21(31)16-14(10)11(2)18-19(29(6)7)22(32)17(25(28)35)24(34)27(18,36)23(16)33/h8-11,14,18-19,30-31,34,36H,1-7H3,(H2,28,35)/t10-,11-,14-,18-,19-,27-/m0/s1. The van der Waals surface area contributed by atoms with E-state index in [0.29, 0.717) is 11.1 Å². The van der Waals surface area contributed by atoms with Crippen molar-refractivity contribution in [1.29, 1.82) is 0 Å². The van der Waals surface area contributed by atoms with Crippen LogP contribution in [0, 0.1) is 17.8 Å². The van der Waals surface area contributed by atoms with Gasteiger partial charge in [-0.3, -0.25) is 19.3 Å². The lowest BCUT2D eigenvalue weighted by Gasteiger charge is -2.54. The number of carbonyl (C=O) groups is 3. The number of aliphatic hydroxyl groups is 3. The summed E-state index contributed by atoms with van der Waals surface area (Å²) in [5.41, 5.74) is 2.60. The van der Waals surface area contributed by atoms with E-state index >= 15 is 0 Å². The summed E-state index contributed by atoms with van der Waals surface area (Å²) in [6.45, 7) is 9.33. The molecule has 0 saturated heterocycles. The number of nitrogens with two attached hydrogens (primary N) is 1. The Morgan fingerprint density at radius 1 is 1.08 bits per heavy atom. The van der Waals surface area contributed by atoms with Crippen molar-refractivity contribution >= 4 is 23.2 Å². The molecule has 1 aromatic rings. The van der Waals surface area contributed by atoms with Crippen LogP contribution in [0.25, 0.3) is 5.76 Å². The number of benzene rings is 1. The summed E-state index contributed by atoms with van der Waals surface area (Å²) in [6.07, 6.45) is 0. The molecule has 1 saturated carbocycles. The van der Waals surface area contributed by atoms with Gasteiger partial charge in [-0.25, -0.2) is 0 Å². The highest BCUT2D eigenvalue weighted by Crippen LogP contribution is 2.58. The first-order valence-electron chi connectivity index (χ1n) is 12.0. The third-order valence-corrected chi connectivity index (χ3v) is 8.33. The normalized spacial score (nSPS) is 32.4. The van der Waals surface area contributed by atoms with Crippen molar-refractivity contribution in [3.8, 4) is 5.75 Å². The smallest absolute Gasteiger partial charge is 0.255 e. The predicted molar refractivity (Wildman–Crippen MR) is 132 cm³/mol. The van der Waals surface area contributed by atoms with Crippen LogP contribution in [-0.4, -0.2) is 68.5 Å². The zero-order valence-electron chi connectivity index (χ0n) is 21.6. The number of rotatable bonds is 2. The van der Waals surface area contributed by atoms with Crippen LogP contribution in [0.4, 0.5) is 0 Å². The van der Waals surface area contributed by atoms with Crippen LogP contribution >= 0.6 is 0 Å². The Morgan fingerprint density at radius 3 is 2.17 bits per heavy atom. The summed E-state index contributed by atoms with van der Waals surface area (Å²) in [7, 11) is 3.16. The van der Waals surface area contributed by atoms with Gasteiger partial charge in [0.25, 0.3) is 5.91 Å². The lowest BCUT2D eigenvalue weighted by Crippen LogP contribution is -2.68. The molecule has 9 nitrogen and oxygen atoms in total. The van der Waals surface area contributed by atoms with Crippen molar-refractivity contribution in [1.82, 2.24) is 4.90 Å². The molecule has 1 fully saturated rings. The van der Waals surface area contributed by atoms with Crippen LogP contribution < -0.4 is 5.73 Å². The number of fused-ring (bicyclic) bond motifs is 3. The van der Waals surface area contributed by atoms with Crippen molar-refractivity contribution in [2.45, 2.75) is 57.6 Å². The summed E-state index contributed by atoms with van der Waals surface area (Å²) < 4.78 is 0. The number of ketones is 2. The van der Waals surface area contributed by atoms with E-state index in [1.807, 2.05) is 33.8 Å². The predicted octanol–water partition coefficient (Wildman–Crippen LogP) is 2.07.